The molecule has 0 atom stereocenters. The summed E-state index contributed by atoms with van der Waals surface area (Å²) >= 11 is 0. The van der Waals surface area contributed by atoms with E-state index in [1.54, 1.807) is 11.0 Å². The Balaban J connectivity index is 1.24. The first-order valence-corrected chi connectivity index (χ1v) is 12.3. The molecule has 0 unspecified atom stereocenters. The van der Waals surface area contributed by atoms with Crippen molar-refractivity contribution in [2.45, 2.75) is 19.5 Å². The average molecular weight is 495 g/mol. The quantitative estimate of drug-likeness (QED) is 0.418. The molecular weight excluding hydrogens is 468 g/mol. The van der Waals surface area contributed by atoms with Crippen LogP contribution >= 0.6 is 0 Å². The van der Waals surface area contributed by atoms with Gasteiger partial charge in [0.1, 0.15) is 19.8 Å². The topological polar surface area (TPSA) is 76.9 Å². The number of para-hydroxylation sites is 2. The maximum atomic E-state index is 13.5. The second-order valence-corrected chi connectivity index (χ2v) is 9.01. The lowest BCUT2D eigenvalue weighted by molar-refractivity contribution is -0.118. The molecule has 8 nitrogen and oxygen atoms in total. The molecule has 0 bridgehead atoms. The number of nitrogens with zero attached hydrogens (tertiary/aromatic N) is 4. The molecule has 0 spiro atoms. The molecule has 37 heavy (non-hydrogen) atoms. The third kappa shape index (κ3) is 4.65. The summed E-state index contributed by atoms with van der Waals surface area (Å²) in [7, 11) is 0. The Morgan fingerprint density at radius 3 is 2.24 bits per heavy atom. The summed E-state index contributed by atoms with van der Waals surface area (Å²) in [6, 6.07) is 26.4. The van der Waals surface area contributed by atoms with Crippen molar-refractivity contribution in [1.29, 1.82) is 0 Å². The Kier molecular flexibility index (Phi) is 6.06. The van der Waals surface area contributed by atoms with Crippen LogP contribution in [0.1, 0.15) is 11.3 Å². The van der Waals surface area contributed by atoms with Crippen molar-refractivity contribution in [3.63, 3.8) is 0 Å². The maximum absolute atomic E-state index is 13.5. The van der Waals surface area contributed by atoms with Crippen molar-refractivity contribution < 1.29 is 14.3 Å². The summed E-state index contributed by atoms with van der Waals surface area (Å²) in [5, 5.41) is 4.61. The van der Waals surface area contributed by atoms with Gasteiger partial charge in [-0.3, -0.25) is 14.5 Å². The van der Waals surface area contributed by atoms with E-state index in [2.05, 4.69) is 10.00 Å². The van der Waals surface area contributed by atoms with Crippen LogP contribution in [0.25, 0.3) is 0 Å². The molecule has 2 aliphatic heterocycles. The highest BCUT2D eigenvalue weighted by Crippen LogP contribution is 2.35. The van der Waals surface area contributed by atoms with Crippen LogP contribution < -0.4 is 24.8 Å². The maximum Gasteiger partial charge on any atom is 0.267 e. The minimum absolute atomic E-state index is 0.151. The Morgan fingerprint density at radius 1 is 0.865 bits per heavy atom. The van der Waals surface area contributed by atoms with Crippen molar-refractivity contribution >= 4 is 23.0 Å². The van der Waals surface area contributed by atoms with Gasteiger partial charge in [-0.25, -0.2) is 4.68 Å². The van der Waals surface area contributed by atoms with Crippen LogP contribution in [0.15, 0.2) is 89.7 Å². The number of amides is 1. The van der Waals surface area contributed by atoms with E-state index < -0.39 is 0 Å². The van der Waals surface area contributed by atoms with Crippen LogP contribution in [-0.2, 0) is 24.3 Å². The van der Waals surface area contributed by atoms with E-state index in [1.165, 1.54) is 4.68 Å². The number of benzene rings is 3. The lowest BCUT2D eigenvalue weighted by Crippen LogP contribution is -2.38. The fraction of sp³-hybridized carbons (Fsp3) is 0.207. The molecular formula is C29H26N4O4. The number of hydrogen-bond acceptors (Lipinski definition) is 6. The van der Waals surface area contributed by atoms with Gasteiger partial charge in [0.15, 0.2) is 11.5 Å². The third-order valence-corrected chi connectivity index (χ3v) is 6.60. The second-order valence-electron chi connectivity index (χ2n) is 9.01. The summed E-state index contributed by atoms with van der Waals surface area (Å²) < 4.78 is 12.6. The van der Waals surface area contributed by atoms with Crippen molar-refractivity contribution in [3.05, 3.63) is 107 Å². The number of carbonyl (C=O) groups is 1. The number of rotatable bonds is 5. The zero-order valence-electron chi connectivity index (χ0n) is 20.2. The van der Waals surface area contributed by atoms with E-state index in [1.807, 2.05) is 78.9 Å². The number of ether oxygens (including phenoxy) is 2. The SMILES string of the molecule is O=C(Cn1nc2c(cc1=O)CN(c1ccc3c(c1)OCCO3)CC2)N(c1ccccc1)c1ccccc1. The van der Waals surface area contributed by atoms with Gasteiger partial charge in [0.25, 0.3) is 11.5 Å². The Labute approximate surface area is 214 Å². The van der Waals surface area contributed by atoms with Gasteiger partial charge < -0.3 is 14.4 Å². The predicted octanol–water partition coefficient (Wildman–Crippen LogP) is 3.94. The molecule has 0 saturated carbocycles. The zero-order chi connectivity index (χ0) is 25.2. The molecule has 8 heteroatoms. The van der Waals surface area contributed by atoms with Crippen LogP contribution in [0.4, 0.5) is 17.1 Å². The summed E-state index contributed by atoms with van der Waals surface area (Å²) in [6.07, 6.45) is 0.666. The van der Waals surface area contributed by atoms with E-state index in [4.69, 9.17) is 9.47 Å². The van der Waals surface area contributed by atoms with E-state index in [-0.39, 0.29) is 18.0 Å². The van der Waals surface area contributed by atoms with E-state index >= 15 is 0 Å². The summed E-state index contributed by atoms with van der Waals surface area (Å²) in [6.45, 7) is 2.24. The highest BCUT2D eigenvalue weighted by molar-refractivity contribution is 6.00. The number of fused-ring (bicyclic) bond motifs is 2. The molecule has 3 aromatic carbocycles. The number of carbonyl (C=O) groups excluding carboxylic acids is 1. The van der Waals surface area contributed by atoms with Crippen molar-refractivity contribution in [3.8, 4) is 11.5 Å². The minimum Gasteiger partial charge on any atom is -0.486 e. The van der Waals surface area contributed by atoms with Crippen LogP contribution in [-0.4, -0.2) is 35.4 Å². The molecule has 186 valence electrons. The molecule has 0 aliphatic carbocycles. The molecule has 0 radical (unpaired) electrons. The van der Waals surface area contributed by atoms with Gasteiger partial charge in [-0.1, -0.05) is 36.4 Å². The van der Waals surface area contributed by atoms with E-state index in [0.29, 0.717) is 26.2 Å². The summed E-state index contributed by atoms with van der Waals surface area (Å²) in [4.78, 5) is 30.3. The number of aromatic nitrogens is 2. The first-order chi connectivity index (χ1) is 18.2. The molecule has 4 aromatic rings. The molecule has 1 amide bonds. The number of anilines is 3. The van der Waals surface area contributed by atoms with Gasteiger partial charge in [0.05, 0.1) is 5.69 Å². The highest BCUT2D eigenvalue weighted by Gasteiger charge is 2.24. The number of hydrogen-bond donors (Lipinski definition) is 0. The Bertz CT molecular complexity index is 1450. The highest BCUT2D eigenvalue weighted by atomic mass is 16.6. The molecule has 0 fully saturated rings. The largest absolute Gasteiger partial charge is 0.486 e. The molecule has 6 rings (SSSR count). The van der Waals surface area contributed by atoms with Crippen LogP contribution in [0.2, 0.25) is 0 Å². The van der Waals surface area contributed by atoms with Gasteiger partial charge in [-0.2, -0.15) is 5.10 Å². The average Bonchev–Trinajstić information content (AvgIpc) is 2.94. The smallest absolute Gasteiger partial charge is 0.267 e. The zero-order valence-corrected chi connectivity index (χ0v) is 20.2. The molecule has 2 aliphatic rings. The summed E-state index contributed by atoms with van der Waals surface area (Å²) in [5.41, 5.74) is 3.90. The van der Waals surface area contributed by atoms with Gasteiger partial charge in [0.2, 0.25) is 0 Å². The van der Waals surface area contributed by atoms with Gasteiger partial charge >= 0.3 is 0 Å². The fourth-order valence-corrected chi connectivity index (χ4v) is 4.79. The monoisotopic (exact) mass is 494 g/mol. The van der Waals surface area contributed by atoms with Crippen molar-refractivity contribution in [1.82, 2.24) is 9.78 Å². The first-order valence-electron chi connectivity index (χ1n) is 12.3. The molecule has 3 heterocycles. The Morgan fingerprint density at radius 2 is 1.54 bits per heavy atom. The van der Waals surface area contributed by atoms with Crippen LogP contribution in [0, 0.1) is 0 Å². The van der Waals surface area contributed by atoms with Crippen molar-refractivity contribution in [2.24, 2.45) is 0 Å². The lowest BCUT2D eigenvalue weighted by atomic mass is 10.1. The normalized spacial score (nSPS) is 14.1. The lowest BCUT2D eigenvalue weighted by Gasteiger charge is -2.31. The van der Waals surface area contributed by atoms with Crippen molar-refractivity contribution in [2.75, 3.05) is 29.6 Å². The summed E-state index contributed by atoms with van der Waals surface area (Å²) in [5.74, 6) is 1.25. The molecule has 0 saturated heterocycles. The predicted molar refractivity (Wildman–Crippen MR) is 141 cm³/mol. The van der Waals surface area contributed by atoms with E-state index in [9.17, 15) is 9.59 Å². The van der Waals surface area contributed by atoms with Crippen LogP contribution in [0.5, 0.6) is 11.5 Å². The second kappa shape index (κ2) is 9.81. The van der Waals surface area contributed by atoms with Gasteiger partial charge in [-0.15, -0.1) is 0 Å². The van der Waals surface area contributed by atoms with E-state index in [0.717, 1.165) is 46.4 Å². The third-order valence-electron chi connectivity index (χ3n) is 6.60. The standard InChI is InChI=1S/C29H26N4O4/c34-28-17-21-19-31(24-11-12-26-27(18-24)37-16-15-36-26)14-13-25(21)30-32(28)20-29(35)33(22-7-3-1-4-8-22)23-9-5-2-6-10-23/h1-12,17-18H,13-16,19-20H2. The van der Waals surface area contributed by atoms with Gasteiger partial charge in [0, 0.05) is 54.3 Å². The molecule has 0 N–H and O–H groups in total. The van der Waals surface area contributed by atoms with Crippen LogP contribution in [0.3, 0.4) is 0 Å². The Hall–Kier alpha value is -4.59. The van der Waals surface area contributed by atoms with Gasteiger partial charge in [-0.05, 0) is 36.4 Å². The molecule has 1 aromatic heterocycles. The fourth-order valence-electron chi connectivity index (χ4n) is 4.79. The minimum atomic E-state index is -0.294. The first kappa shape index (κ1) is 22.8.